The van der Waals surface area contributed by atoms with Crippen molar-refractivity contribution in [3.8, 4) is 11.5 Å². The van der Waals surface area contributed by atoms with Gasteiger partial charge in [-0.1, -0.05) is 6.07 Å². The van der Waals surface area contributed by atoms with E-state index in [-0.39, 0.29) is 6.04 Å². The van der Waals surface area contributed by atoms with Crippen molar-refractivity contribution in [3.05, 3.63) is 35.3 Å². The Morgan fingerprint density at radius 3 is 2.89 bits per heavy atom. The average molecular weight is 276 g/mol. The quantitative estimate of drug-likeness (QED) is 0.932. The topological polar surface area (TPSA) is 43.4 Å². The first-order valence-corrected chi connectivity index (χ1v) is 7.26. The summed E-state index contributed by atoms with van der Waals surface area (Å²) in [6, 6.07) is 6.28. The molecule has 1 aromatic carbocycles. The molecule has 0 saturated heterocycles. The number of ether oxygens (including phenoxy) is 2. The largest absolute Gasteiger partial charge is 0.490 e. The Balaban J connectivity index is 1.79. The molecule has 0 radical (unpaired) electrons. The average Bonchev–Trinajstić information content (AvgIpc) is 2.81. The maximum absolute atomic E-state index is 5.71. The highest BCUT2D eigenvalue weighted by Crippen LogP contribution is 2.33. The predicted molar refractivity (Wildman–Crippen MR) is 76.2 cm³/mol. The minimum atomic E-state index is 0.184. The minimum absolute atomic E-state index is 0.184. The zero-order valence-electron chi connectivity index (χ0n) is 10.8. The lowest BCUT2D eigenvalue weighted by molar-refractivity contribution is 0.297. The van der Waals surface area contributed by atoms with Gasteiger partial charge in [-0.05, 0) is 24.6 Å². The second-order valence-electron chi connectivity index (χ2n) is 4.46. The molecule has 1 atom stereocenters. The number of benzene rings is 1. The number of hydrogen-bond acceptors (Lipinski definition) is 5. The van der Waals surface area contributed by atoms with Crippen molar-refractivity contribution in [1.29, 1.82) is 0 Å². The van der Waals surface area contributed by atoms with Crippen LogP contribution in [-0.2, 0) is 0 Å². The molecule has 1 aromatic heterocycles. The first-order valence-electron chi connectivity index (χ1n) is 6.38. The van der Waals surface area contributed by atoms with E-state index in [4.69, 9.17) is 9.47 Å². The van der Waals surface area contributed by atoms with Crippen molar-refractivity contribution >= 4 is 16.5 Å². The fourth-order valence-corrected chi connectivity index (χ4v) is 2.63. The molecule has 100 valence electrons. The van der Waals surface area contributed by atoms with E-state index in [1.807, 2.05) is 17.5 Å². The van der Waals surface area contributed by atoms with Gasteiger partial charge in [0.05, 0.1) is 19.3 Å². The van der Waals surface area contributed by atoms with Gasteiger partial charge < -0.3 is 14.8 Å². The maximum atomic E-state index is 5.71. The zero-order valence-corrected chi connectivity index (χ0v) is 11.6. The van der Waals surface area contributed by atoms with E-state index in [2.05, 4.69) is 23.3 Å². The molecule has 1 N–H and O–H groups in total. The molecule has 4 nitrogen and oxygen atoms in total. The molecule has 5 heteroatoms. The summed E-state index contributed by atoms with van der Waals surface area (Å²) < 4.78 is 11.3. The molecule has 0 spiro atoms. The van der Waals surface area contributed by atoms with Gasteiger partial charge in [0, 0.05) is 18.0 Å². The Morgan fingerprint density at radius 2 is 2.11 bits per heavy atom. The highest BCUT2D eigenvalue weighted by atomic mass is 32.1. The van der Waals surface area contributed by atoms with Gasteiger partial charge in [0.25, 0.3) is 0 Å². The lowest BCUT2D eigenvalue weighted by atomic mass is 10.1. The summed E-state index contributed by atoms with van der Waals surface area (Å²) in [7, 11) is 0. The third-order valence-electron chi connectivity index (χ3n) is 3.04. The zero-order chi connectivity index (χ0) is 13.1. The summed E-state index contributed by atoms with van der Waals surface area (Å²) >= 11 is 1.60. The summed E-state index contributed by atoms with van der Waals surface area (Å²) in [5.74, 6) is 1.67. The highest BCUT2D eigenvalue weighted by Gasteiger charge is 2.14. The summed E-state index contributed by atoms with van der Waals surface area (Å²) in [6.45, 7) is 3.55. The van der Waals surface area contributed by atoms with Gasteiger partial charge >= 0.3 is 0 Å². The number of anilines is 1. The molecule has 1 unspecified atom stereocenters. The lowest BCUT2D eigenvalue weighted by Gasteiger charge is -2.15. The molecule has 2 aromatic rings. The van der Waals surface area contributed by atoms with Crippen LogP contribution < -0.4 is 14.8 Å². The van der Waals surface area contributed by atoms with Crippen LogP contribution >= 0.6 is 11.3 Å². The smallest absolute Gasteiger partial charge is 0.183 e. The van der Waals surface area contributed by atoms with Crippen LogP contribution in [0.4, 0.5) is 5.13 Å². The van der Waals surface area contributed by atoms with Gasteiger partial charge in [0.15, 0.2) is 16.6 Å². The molecule has 1 aliphatic heterocycles. The molecule has 0 fully saturated rings. The molecular weight excluding hydrogens is 260 g/mol. The minimum Gasteiger partial charge on any atom is -0.490 e. The van der Waals surface area contributed by atoms with E-state index in [1.165, 1.54) is 5.56 Å². The summed E-state index contributed by atoms with van der Waals surface area (Å²) in [6.07, 6.45) is 2.73. The van der Waals surface area contributed by atoms with Gasteiger partial charge in [-0.15, -0.1) is 11.3 Å². The van der Waals surface area contributed by atoms with Crippen molar-refractivity contribution < 1.29 is 9.47 Å². The Morgan fingerprint density at radius 1 is 1.26 bits per heavy atom. The van der Waals surface area contributed by atoms with Crippen LogP contribution in [0.5, 0.6) is 11.5 Å². The number of thiazole rings is 1. The van der Waals surface area contributed by atoms with Crippen LogP contribution in [0.3, 0.4) is 0 Å². The third-order valence-corrected chi connectivity index (χ3v) is 3.75. The Labute approximate surface area is 116 Å². The number of fused-ring (bicyclic) bond motifs is 1. The normalized spacial score (nSPS) is 15.6. The van der Waals surface area contributed by atoms with Crippen LogP contribution in [0.15, 0.2) is 29.8 Å². The van der Waals surface area contributed by atoms with E-state index in [1.54, 1.807) is 17.5 Å². The van der Waals surface area contributed by atoms with Crippen molar-refractivity contribution in [2.24, 2.45) is 0 Å². The highest BCUT2D eigenvalue weighted by molar-refractivity contribution is 7.13. The van der Waals surface area contributed by atoms with Crippen LogP contribution in [0.25, 0.3) is 0 Å². The summed E-state index contributed by atoms with van der Waals surface area (Å²) in [5, 5.41) is 6.26. The van der Waals surface area contributed by atoms with Crippen molar-refractivity contribution in [2.45, 2.75) is 19.4 Å². The van der Waals surface area contributed by atoms with E-state index in [0.29, 0.717) is 6.61 Å². The van der Waals surface area contributed by atoms with E-state index in [0.717, 1.165) is 29.7 Å². The third kappa shape index (κ3) is 2.81. The van der Waals surface area contributed by atoms with Crippen molar-refractivity contribution in [2.75, 3.05) is 18.5 Å². The van der Waals surface area contributed by atoms with E-state index < -0.39 is 0 Å². The fraction of sp³-hybridized carbons (Fsp3) is 0.357. The lowest BCUT2D eigenvalue weighted by Crippen LogP contribution is -2.06. The first kappa shape index (κ1) is 12.3. The molecule has 0 saturated carbocycles. The SMILES string of the molecule is CC(Nc1nccs1)c1ccc2c(c1)OCCCO2. The predicted octanol–water partition coefficient (Wildman–Crippen LogP) is 3.48. The molecule has 2 heterocycles. The number of rotatable bonds is 3. The van der Waals surface area contributed by atoms with Crippen LogP contribution in [0.2, 0.25) is 0 Å². The molecule has 0 amide bonds. The molecule has 0 aliphatic carbocycles. The number of nitrogens with zero attached hydrogens (tertiary/aromatic N) is 1. The monoisotopic (exact) mass is 276 g/mol. The maximum Gasteiger partial charge on any atom is 0.183 e. The second-order valence-corrected chi connectivity index (χ2v) is 5.35. The molecule has 19 heavy (non-hydrogen) atoms. The van der Waals surface area contributed by atoms with E-state index >= 15 is 0 Å². The van der Waals surface area contributed by atoms with Gasteiger partial charge in [-0.2, -0.15) is 0 Å². The van der Waals surface area contributed by atoms with Crippen molar-refractivity contribution in [3.63, 3.8) is 0 Å². The van der Waals surface area contributed by atoms with Gasteiger partial charge in [0.1, 0.15) is 0 Å². The van der Waals surface area contributed by atoms with Crippen LogP contribution in [-0.4, -0.2) is 18.2 Å². The van der Waals surface area contributed by atoms with Gasteiger partial charge in [0.2, 0.25) is 0 Å². The van der Waals surface area contributed by atoms with Crippen LogP contribution in [0.1, 0.15) is 24.9 Å². The molecule has 1 aliphatic rings. The Hall–Kier alpha value is -1.75. The fourth-order valence-electron chi connectivity index (χ4n) is 2.01. The first-order chi connectivity index (χ1) is 9.33. The van der Waals surface area contributed by atoms with E-state index in [9.17, 15) is 0 Å². The molecule has 3 rings (SSSR count). The number of hydrogen-bond donors (Lipinski definition) is 1. The number of aromatic nitrogens is 1. The van der Waals surface area contributed by atoms with Gasteiger partial charge in [-0.25, -0.2) is 4.98 Å². The summed E-state index contributed by atoms with van der Waals surface area (Å²) in [5.41, 5.74) is 1.17. The van der Waals surface area contributed by atoms with Crippen LogP contribution in [0, 0.1) is 0 Å². The standard InChI is InChI=1S/C14H16N2O2S/c1-10(16-14-15-5-8-19-14)11-3-4-12-13(9-11)18-7-2-6-17-12/h3-5,8-10H,2,6-7H2,1H3,(H,15,16). The molecular formula is C14H16N2O2S. The summed E-state index contributed by atoms with van der Waals surface area (Å²) in [4.78, 5) is 4.24. The van der Waals surface area contributed by atoms with Crippen molar-refractivity contribution in [1.82, 2.24) is 4.98 Å². The molecule has 0 bridgehead atoms. The van der Waals surface area contributed by atoms with Gasteiger partial charge in [-0.3, -0.25) is 0 Å². The number of nitrogens with one attached hydrogen (secondary N) is 1. The Bertz CT molecular complexity index is 542. The second kappa shape index (κ2) is 5.48. The Kier molecular flexibility index (Phi) is 3.55.